The molecule has 0 aliphatic rings. The van der Waals surface area contributed by atoms with Crippen molar-refractivity contribution in [1.82, 2.24) is 4.98 Å². The molecule has 3 nitrogen and oxygen atoms in total. The van der Waals surface area contributed by atoms with Crippen LogP contribution in [0.3, 0.4) is 0 Å². The highest BCUT2D eigenvalue weighted by Gasteiger charge is 2.20. The first kappa shape index (κ1) is 25.8. The first-order valence-electron chi connectivity index (χ1n) is 14.8. The molecule has 0 radical (unpaired) electrons. The van der Waals surface area contributed by atoms with Gasteiger partial charge in [-0.2, -0.15) is 0 Å². The van der Waals surface area contributed by atoms with Crippen molar-refractivity contribution in [3.05, 3.63) is 170 Å². The predicted molar refractivity (Wildman–Crippen MR) is 183 cm³/mol. The Morgan fingerprint density at radius 1 is 0.432 bits per heavy atom. The molecule has 0 saturated heterocycles. The third kappa shape index (κ3) is 4.71. The Morgan fingerprint density at radius 2 is 1.07 bits per heavy atom. The maximum absolute atomic E-state index is 6.45. The average Bonchev–Trinajstić information content (AvgIpc) is 3.55. The molecule has 7 aromatic carbocycles. The standard InChI is InChI=1S/C41H28N2O/c1-3-13-31(14-4-1)41-42-38-20-11-19-37(40(38)44-41)36-18-9-10-21-39(36)43(34-16-5-2-6-17-34)35-26-24-30(25-27-35)33-23-22-29-12-7-8-15-32(29)28-33/h1-28H. The fourth-order valence-corrected chi connectivity index (χ4v) is 5.94. The molecule has 208 valence electrons. The van der Waals surface area contributed by atoms with Crippen LogP contribution in [0.25, 0.3) is 55.6 Å². The number of fused-ring (bicyclic) bond motifs is 2. The Morgan fingerprint density at radius 3 is 1.89 bits per heavy atom. The Labute approximate surface area is 256 Å². The second kappa shape index (κ2) is 11.0. The van der Waals surface area contributed by atoms with Crippen LogP contribution in [0.5, 0.6) is 0 Å². The van der Waals surface area contributed by atoms with Gasteiger partial charge >= 0.3 is 0 Å². The van der Waals surface area contributed by atoms with Gasteiger partial charge in [-0.15, -0.1) is 0 Å². The van der Waals surface area contributed by atoms with Crippen molar-refractivity contribution in [1.29, 1.82) is 0 Å². The third-order valence-electron chi connectivity index (χ3n) is 8.09. The van der Waals surface area contributed by atoms with E-state index in [-0.39, 0.29) is 0 Å². The molecular weight excluding hydrogens is 536 g/mol. The van der Waals surface area contributed by atoms with E-state index in [1.54, 1.807) is 0 Å². The van der Waals surface area contributed by atoms with Crippen molar-refractivity contribution >= 4 is 38.9 Å². The molecule has 8 aromatic rings. The summed E-state index contributed by atoms with van der Waals surface area (Å²) in [5.74, 6) is 0.620. The lowest BCUT2D eigenvalue weighted by molar-refractivity contribution is 0.621. The minimum Gasteiger partial charge on any atom is -0.435 e. The molecule has 0 unspecified atom stereocenters. The predicted octanol–water partition coefficient (Wildman–Crippen LogP) is 11.5. The van der Waals surface area contributed by atoms with Crippen LogP contribution in [0.4, 0.5) is 17.1 Å². The summed E-state index contributed by atoms with van der Waals surface area (Å²) in [7, 11) is 0. The quantitative estimate of drug-likeness (QED) is 0.201. The minimum absolute atomic E-state index is 0.620. The van der Waals surface area contributed by atoms with Gasteiger partial charge in [0.25, 0.3) is 0 Å². The summed E-state index contributed by atoms with van der Waals surface area (Å²) in [5.41, 5.74) is 10.2. The van der Waals surface area contributed by atoms with Gasteiger partial charge in [0.1, 0.15) is 5.52 Å². The van der Waals surface area contributed by atoms with E-state index in [1.807, 2.05) is 36.4 Å². The number of para-hydroxylation sites is 3. The topological polar surface area (TPSA) is 29.3 Å². The number of nitrogens with zero attached hydrogens (tertiary/aromatic N) is 2. The highest BCUT2D eigenvalue weighted by Crippen LogP contribution is 2.43. The zero-order valence-corrected chi connectivity index (χ0v) is 24.0. The van der Waals surface area contributed by atoms with Crippen LogP contribution in [-0.2, 0) is 0 Å². The van der Waals surface area contributed by atoms with E-state index in [4.69, 9.17) is 9.40 Å². The Bertz CT molecular complexity index is 2220. The van der Waals surface area contributed by atoms with Crippen molar-refractivity contribution in [2.24, 2.45) is 0 Å². The second-order valence-electron chi connectivity index (χ2n) is 10.8. The van der Waals surface area contributed by atoms with Crippen LogP contribution in [0.2, 0.25) is 0 Å². The van der Waals surface area contributed by atoms with E-state index in [0.717, 1.165) is 44.9 Å². The van der Waals surface area contributed by atoms with Crippen LogP contribution >= 0.6 is 0 Å². The van der Waals surface area contributed by atoms with Gasteiger partial charge in [-0.3, -0.25) is 0 Å². The monoisotopic (exact) mass is 564 g/mol. The molecule has 0 aliphatic carbocycles. The van der Waals surface area contributed by atoms with Gasteiger partial charge in [-0.25, -0.2) is 4.98 Å². The summed E-state index contributed by atoms with van der Waals surface area (Å²) in [6.45, 7) is 0. The van der Waals surface area contributed by atoms with Crippen molar-refractivity contribution in [3.8, 4) is 33.7 Å². The number of rotatable bonds is 6. The molecule has 8 rings (SSSR count). The summed E-state index contributed by atoms with van der Waals surface area (Å²) in [5, 5.41) is 2.49. The summed E-state index contributed by atoms with van der Waals surface area (Å²) >= 11 is 0. The van der Waals surface area contributed by atoms with Crippen LogP contribution in [0, 0.1) is 0 Å². The molecule has 0 amide bonds. The molecular formula is C41H28N2O. The Balaban J connectivity index is 1.25. The molecule has 1 heterocycles. The largest absolute Gasteiger partial charge is 0.435 e. The molecule has 0 atom stereocenters. The second-order valence-corrected chi connectivity index (χ2v) is 10.8. The lowest BCUT2D eigenvalue weighted by atomic mass is 9.99. The van der Waals surface area contributed by atoms with E-state index < -0.39 is 0 Å². The fourth-order valence-electron chi connectivity index (χ4n) is 5.94. The van der Waals surface area contributed by atoms with E-state index in [2.05, 4.69) is 138 Å². The number of hydrogen-bond donors (Lipinski definition) is 0. The van der Waals surface area contributed by atoms with Gasteiger partial charge < -0.3 is 9.32 Å². The van der Waals surface area contributed by atoms with Gasteiger partial charge in [0, 0.05) is 28.1 Å². The van der Waals surface area contributed by atoms with Crippen molar-refractivity contribution in [3.63, 3.8) is 0 Å². The summed E-state index contributed by atoms with van der Waals surface area (Å²) in [4.78, 5) is 7.15. The Kier molecular flexibility index (Phi) is 6.47. The van der Waals surface area contributed by atoms with Gasteiger partial charge in [0.2, 0.25) is 5.89 Å². The summed E-state index contributed by atoms with van der Waals surface area (Å²) in [6, 6.07) is 59.2. The number of oxazole rings is 1. The lowest BCUT2D eigenvalue weighted by Gasteiger charge is -2.28. The smallest absolute Gasteiger partial charge is 0.227 e. The molecule has 0 spiro atoms. The lowest BCUT2D eigenvalue weighted by Crippen LogP contribution is -2.11. The molecule has 0 aliphatic heterocycles. The normalized spacial score (nSPS) is 11.2. The van der Waals surface area contributed by atoms with Gasteiger partial charge in [0.15, 0.2) is 5.58 Å². The van der Waals surface area contributed by atoms with E-state index in [1.165, 1.54) is 21.9 Å². The summed E-state index contributed by atoms with van der Waals surface area (Å²) < 4.78 is 6.45. The SMILES string of the molecule is c1ccc(-c2nc3cccc(-c4ccccc4N(c4ccccc4)c4ccc(-c5ccc6ccccc6c5)cc4)c3o2)cc1. The first-order chi connectivity index (χ1) is 21.8. The molecule has 3 heteroatoms. The van der Waals surface area contributed by atoms with Gasteiger partial charge in [-0.1, -0.05) is 115 Å². The van der Waals surface area contributed by atoms with Crippen LogP contribution in [0.1, 0.15) is 0 Å². The molecule has 0 bridgehead atoms. The zero-order chi connectivity index (χ0) is 29.3. The first-order valence-corrected chi connectivity index (χ1v) is 14.8. The highest BCUT2D eigenvalue weighted by atomic mass is 16.3. The summed E-state index contributed by atoms with van der Waals surface area (Å²) in [6.07, 6.45) is 0. The van der Waals surface area contributed by atoms with Gasteiger partial charge in [0.05, 0.1) is 5.69 Å². The number of aromatic nitrogens is 1. The molecule has 1 aromatic heterocycles. The maximum atomic E-state index is 6.45. The van der Waals surface area contributed by atoms with E-state index in [0.29, 0.717) is 5.89 Å². The van der Waals surface area contributed by atoms with Crippen molar-refractivity contribution in [2.75, 3.05) is 4.90 Å². The number of hydrogen-bond acceptors (Lipinski definition) is 3. The zero-order valence-electron chi connectivity index (χ0n) is 24.0. The van der Waals surface area contributed by atoms with E-state index >= 15 is 0 Å². The van der Waals surface area contributed by atoms with Crippen LogP contribution < -0.4 is 4.90 Å². The third-order valence-corrected chi connectivity index (χ3v) is 8.09. The average molecular weight is 565 g/mol. The van der Waals surface area contributed by atoms with E-state index in [9.17, 15) is 0 Å². The minimum atomic E-state index is 0.620. The number of anilines is 3. The highest BCUT2D eigenvalue weighted by molar-refractivity contribution is 5.98. The van der Waals surface area contributed by atoms with Crippen molar-refractivity contribution < 1.29 is 4.42 Å². The van der Waals surface area contributed by atoms with Crippen LogP contribution in [0.15, 0.2) is 174 Å². The molecule has 0 saturated carbocycles. The van der Waals surface area contributed by atoms with Crippen LogP contribution in [-0.4, -0.2) is 4.98 Å². The Hall–Kier alpha value is -5.93. The molecule has 0 N–H and O–H groups in total. The molecule has 0 fully saturated rings. The fraction of sp³-hybridized carbons (Fsp3) is 0. The molecule has 44 heavy (non-hydrogen) atoms. The van der Waals surface area contributed by atoms with Crippen molar-refractivity contribution in [2.45, 2.75) is 0 Å². The maximum Gasteiger partial charge on any atom is 0.227 e. The number of benzene rings is 7. The van der Waals surface area contributed by atoms with Gasteiger partial charge in [-0.05, 0) is 76.5 Å².